The number of urea groups is 1. The summed E-state index contributed by atoms with van der Waals surface area (Å²) < 4.78 is 27.5. The van der Waals surface area contributed by atoms with Crippen LogP contribution in [0, 0.1) is 6.92 Å². The van der Waals surface area contributed by atoms with Gasteiger partial charge in [0.05, 0.1) is 23.7 Å². The Balaban J connectivity index is 1.36. The number of carbonyl (C=O) groups is 3. The van der Waals surface area contributed by atoms with Crippen molar-refractivity contribution in [2.45, 2.75) is 23.9 Å². The number of aryl methyl sites for hydroxylation is 1. The monoisotopic (exact) mass is 491 g/mol. The third kappa shape index (κ3) is 3.07. The maximum atomic E-state index is 13.9. The number of rotatable bonds is 4. The first-order valence-electron chi connectivity index (χ1n) is 11.3. The minimum absolute atomic E-state index is 0.0346. The summed E-state index contributed by atoms with van der Waals surface area (Å²) in [5, 5.41) is 1.65. The number of amides is 4. The highest BCUT2D eigenvalue weighted by Crippen LogP contribution is 2.44. The molecule has 1 N–H and O–H groups in total. The average molecular weight is 492 g/mol. The van der Waals surface area contributed by atoms with Crippen LogP contribution in [0.4, 0.5) is 10.5 Å². The van der Waals surface area contributed by atoms with Gasteiger partial charge < -0.3 is 0 Å². The van der Waals surface area contributed by atoms with E-state index >= 15 is 0 Å². The normalized spacial score (nSPS) is 27.5. The predicted molar refractivity (Wildman–Crippen MR) is 128 cm³/mol. The molecule has 4 unspecified atom stereocenters. The summed E-state index contributed by atoms with van der Waals surface area (Å²) in [6.45, 7) is 2.58. The fourth-order valence-corrected chi connectivity index (χ4v) is 6.65. The highest BCUT2D eigenvalue weighted by molar-refractivity contribution is 7.90. The lowest BCUT2D eigenvalue weighted by atomic mass is 10.1. The zero-order valence-corrected chi connectivity index (χ0v) is 19.7. The molecule has 3 aliphatic heterocycles. The number of imide groups is 1. The number of sulfonamides is 1. The van der Waals surface area contributed by atoms with E-state index in [0.717, 1.165) is 16.3 Å². The number of nitrogens with zero attached hydrogens (tertiary/aromatic N) is 3. The van der Waals surface area contributed by atoms with Crippen molar-refractivity contribution in [3.8, 4) is 0 Å². The molecule has 3 heterocycles. The summed E-state index contributed by atoms with van der Waals surface area (Å²) >= 11 is 0. The number of nitrogens with one attached hydrogen (secondary N) is 1. The van der Waals surface area contributed by atoms with Crippen molar-refractivity contribution in [2.24, 2.45) is 0 Å². The van der Waals surface area contributed by atoms with Crippen molar-refractivity contribution in [2.75, 3.05) is 24.7 Å². The number of quaternary nitrogens is 1. The largest absolute Gasteiger partial charge is 0.433 e. The Bertz CT molecular complexity index is 1520. The molecule has 2 bridgehead atoms. The van der Waals surface area contributed by atoms with Gasteiger partial charge in [0.15, 0.2) is 12.1 Å². The topological polar surface area (TPSA) is 104 Å². The Labute approximate surface area is 202 Å². The van der Waals surface area contributed by atoms with Crippen molar-refractivity contribution in [1.29, 1.82) is 0 Å². The fraction of sp³-hybridized carbons (Fsp3) is 0.240. The zero-order valence-electron chi connectivity index (χ0n) is 18.9. The molecule has 1 spiro atoms. The fourth-order valence-electron chi connectivity index (χ4n) is 5.64. The molecule has 0 radical (unpaired) electrons. The Morgan fingerprint density at radius 2 is 1.69 bits per heavy atom. The van der Waals surface area contributed by atoms with E-state index in [4.69, 9.17) is 0 Å². The minimum Gasteiger partial charge on any atom is -0.267 e. The van der Waals surface area contributed by atoms with Crippen molar-refractivity contribution in [1.82, 2.24) is 9.62 Å². The number of benzene rings is 3. The molecule has 0 aromatic heterocycles. The first kappa shape index (κ1) is 21.9. The molecule has 3 aliphatic rings. The van der Waals surface area contributed by atoms with Gasteiger partial charge in [0.1, 0.15) is 6.67 Å². The molecule has 0 aliphatic carbocycles. The molecule has 3 saturated heterocycles. The van der Waals surface area contributed by atoms with Gasteiger partial charge in [-0.2, -0.15) is 4.90 Å². The van der Waals surface area contributed by atoms with E-state index in [-0.39, 0.29) is 24.0 Å². The van der Waals surface area contributed by atoms with Crippen molar-refractivity contribution in [3.63, 3.8) is 0 Å². The lowest BCUT2D eigenvalue weighted by Crippen LogP contribution is -2.64. The van der Waals surface area contributed by atoms with Crippen LogP contribution in [0.1, 0.15) is 5.56 Å². The van der Waals surface area contributed by atoms with Crippen LogP contribution < -0.4 is 9.62 Å². The molecule has 3 aromatic carbocycles. The zero-order chi connectivity index (χ0) is 24.5. The van der Waals surface area contributed by atoms with E-state index in [1.165, 1.54) is 17.0 Å². The Kier molecular flexibility index (Phi) is 4.66. The standard InChI is InChI=1S/C25H22N4O5S/c1-16-9-11-18(12-10-16)35(33,34)26-23(30)21-13-27-14-22-24(31)28(25(32)29(21,22)15-27)20-8-4-6-17-5-2-3-7-19(17)20/h2-12,21-22H,13-15H2,1H3/p+1. The number of hydrogen-bond donors (Lipinski definition) is 1. The molecule has 0 saturated carbocycles. The van der Waals surface area contributed by atoms with Gasteiger partial charge in [-0.15, -0.1) is 0 Å². The van der Waals surface area contributed by atoms with E-state index in [0.29, 0.717) is 12.2 Å². The number of piperazine rings is 1. The van der Waals surface area contributed by atoms with Crippen molar-refractivity contribution in [3.05, 3.63) is 72.3 Å². The molecule has 3 aromatic rings. The van der Waals surface area contributed by atoms with E-state index in [1.54, 1.807) is 24.3 Å². The summed E-state index contributed by atoms with van der Waals surface area (Å²) in [6, 6.07) is 16.8. The molecule has 10 heteroatoms. The number of carbonyl (C=O) groups excluding carboxylic acids is 3. The van der Waals surface area contributed by atoms with Crippen molar-refractivity contribution >= 4 is 44.3 Å². The second-order valence-electron chi connectivity index (χ2n) is 9.38. The smallest absolute Gasteiger partial charge is 0.267 e. The van der Waals surface area contributed by atoms with Gasteiger partial charge in [0.25, 0.3) is 21.8 Å². The van der Waals surface area contributed by atoms with Crippen LogP contribution in [0.2, 0.25) is 0 Å². The first-order valence-corrected chi connectivity index (χ1v) is 12.8. The average Bonchev–Trinajstić information content (AvgIpc) is 3.47. The van der Waals surface area contributed by atoms with Crippen LogP contribution in [0.25, 0.3) is 10.8 Å². The van der Waals surface area contributed by atoms with Gasteiger partial charge in [-0.3, -0.25) is 9.59 Å². The predicted octanol–water partition coefficient (Wildman–Crippen LogP) is 1.96. The van der Waals surface area contributed by atoms with Gasteiger partial charge in [-0.25, -0.2) is 27.3 Å². The van der Waals surface area contributed by atoms with Crippen LogP contribution in [0.3, 0.4) is 0 Å². The highest BCUT2D eigenvalue weighted by Gasteiger charge is 2.73. The van der Waals surface area contributed by atoms with Crippen LogP contribution >= 0.6 is 0 Å². The van der Waals surface area contributed by atoms with E-state index in [9.17, 15) is 22.8 Å². The Morgan fingerprint density at radius 1 is 0.971 bits per heavy atom. The SMILES string of the molecule is Cc1ccc(S(=O)(=O)NC(=O)C2CN3CC4C(=O)N(c5cccc6ccccc56)C(=O)[N+]24C3)cc1. The van der Waals surface area contributed by atoms with Crippen LogP contribution in [0.15, 0.2) is 71.6 Å². The van der Waals surface area contributed by atoms with E-state index < -0.39 is 38.5 Å². The molecule has 35 heavy (non-hydrogen) atoms. The minimum atomic E-state index is -4.13. The summed E-state index contributed by atoms with van der Waals surface area (Å²) in [4.78, 5) is 43.8. The molecule has 178 valence electrons. The third-order valence-electron chi connectivity index (χ3n) is 7.34. The molecule has 6 rings (SSSR count). The second kappa shape index (κ2) is 7.45. The quantitative estimate of drug-likeness (QED) is 0.442. The lowest BCUT2D eigenvalue weighted by molar-refractivity contribution is -0.853. The molecular weight excluding hydrogens is 468 g/mol. The second-order valence-corrected chi connectivity index (χ2v) is 11.1. The van der Waals surface area contributed by atoms with Crippen LogP contribution in [0.5, 0.6) is 0 Å². The summed E-state index contributed by atoms with van der Waals surface area (Å²) in [6.07, 6.45) is 0. The molecule has 4 atom stereocenters. The number of anilines is 1. The number of fused-ring (bicyclic) bond motifs is 2. The Hall–Kier alpha value is -3.60. The highest BCUT2D eigenvalue weighted by atomic mass is 32.2. The Morgan fingerprint density at radius 3 is 2.46 bits per heavy atom. The maximum Gasteiger partial charge on any atom is 0.433 e. The maximum absolute atomic E-state index is 13.9. The molecule has 3 fully saturated rings. The van der Waals surface area contributed by atoms with Gasteiger partial charge in [-0.1, -0.05) is 54.1 Å². The van der Waals surface area contributed by atoms with Crippen molar-refractivity contribution < 1.29 is 27.3 Å². The molecular formula is C25H23N4O5S+. The van der Waals surface area contributed by atoms with E-state index in [2.05, 4.69) is 4.72 Å². The van der Waals surface area contributed by atoms with Crippen LogP contribution in [-0.4, -0.2) is 67.5 Å². The summed E-state index contributed by atoms with van der Waals surface area (Å²) in [5.41, 5.74) is 1.36. The lowest BCUT2D eigenvalue weighted by Gasteiger charge is -2.32. The van der Waals surface area contributed by atoms with E-state index in [1.807, 2.05) is 42.2 Å². The van der Waals surface area contributed by atoms with Gasteiger partial charge in [0, 0.05) is 5.39 Å². The van der Waals surface area contributed by atoms with Gasteiger partial charge in [-0.05, 0) is 30.5 Å². The summed E-state index contributed by atoms with van der Waals surface area (Å²) in [5.74, 6) is -1.15. The number of hydrogen-bond acceptors (Lipinski definition) is 6. The van der Waals surface area contributed by atoms with Gasteiger partial charge in [0.2, 0.25) is 0 Å². The first-order chi connectivity index (χ1) is 16.7. The third-order valence-corrected chi connectivity index (χ3v) is 8.70. The molecule has 4 amide bonds. The molecule has 9 nitrogen and oxygen atoms in total. The summed E-state index contributed by atoms with van der Waals surface area (Å²) in [7, 11) is -4.13. The van der Waals surface area contributed by atoms with Crippen LogP contribution in [-0.2, 0) is 19.6 Å². The van der Waals surface area contributed by atoms with Gasteiger partial charge >= 0.3 is 6.03 Å².